The molecule has 0 fully saturated rings. The number of aliphatic imine (C=N–C) groups is 2. The molecule has 30 heavy (non-hydrogen) atoms. The molecule has 5 rings (SSSR count). The Balaban J connectivity index is 0.00000128. The van der Waals surface area contributed by atoms with Gasteiger partial charge in [-0.05, 0) is 24.3 Å². The number of nitrogens with zero attached hydrogens (tertiary/aromatic N) is 5. The van der Waals surface area contributed by atoms with Crippen LogP contribution in [-0.2, 0) is 0 Å². The average molecular weight is 446 g/mol. The predicted molar refractivity (Wildman–Crippen MR) is 122 cm³/mol. The molecule has 0 spiro atoms. The van der Waals surface area contributed by atoms with Crippen LogP contribution in [0.1, 0.15) is 11.1 Å². The maximum Gasteiger partial charge on any atom is 0.142 e. The summed E-state index contributed by atoms with van der Waals surface area (Å²) in [6.07, 6.45) is 1.81. The molecule has 2 aliphatic rings. The Hall–Kier alpha value is -3.10. The van der Waals surface area contributed by atoms with Gasteiger partial charge in [-0.3, -0.25) is 9.98 Å². The maximum absolute atomic E-state index is 10.5. The molecule has 2 aliphatic heterocycles. The molecule has 0 atom stereocenters. The van der Waals surface area contributed by atoms with Gasteiger partial charge >= 0.3 is 0 Å². The number of hydrogen-bond donors (Lipinski definition) is 3. The molecule has 0 bridgehead atoms. The third-order valence-electron chi connectivity index (χ3n) is 4.77. The molecule has 3 N–H and O–H groups in total. The van der Waals surface area contributed by atoms with Crippen molar-refractivity contribution < 1.29 is 5.11 Å². The second kappa shape index (κ2) is 9.15. The Morgan fingerprint density at radius 1 is 0.833 bits per heavy atom. The van der Waals surface area contributed by atoms with Crippen molar-refractivity contribution in [1.82, 2.24) is 25.6 Å². The molecule has 8 nitrogen and oxygen atoms in total. The highest BCUT2D eigenvalue weighted by Gasteiger charge is 2.14. The Kier molecular flexibility index (Phi) is 6.59. The van der Waals surface area contributed by atoms with Gasteiger partial charge in [0.05, 0.1) is 19.3 Å². The topological polar surface area (TPSA) is 99.7 Å². The molecule has 156 valence electrons. The monoisotopic (exact) mass is 445 g/mol. The lowest BCUT2D eigenvalue weighted by molar-refractivity contribution is 0.469. The lowest BCUT2D eigenvalue weighted by atomic mass is 10.1. The van der Waals surface area contributed by atoms with Crippen LogP contribution in [0.4, 0.5) is 0 Å². The van der Waals surface area contributed by atoms with E-state index in [1.807, 2.05) is 42.6 Å². The summed E-state index contributed by atoms with van der Waals surface area (Å²) in [6.45, 7) is 3.25. The third kappa shape index (κ3) is 4.10. The highest BCUT2D eigenvalue weighted by Crippen LogP contribution is 2.25. The molecule has 0 unspecified atom stereocenters. The zero-order valence-corrected chi connectivity index (χ0v) is 17.6. The van der Waals surface area contributed by atoms with Crippen molar-refractivity contribution in [2.24, 2.45) is 9.98 Å². The Labute approximate surface area is 186 Å². The van der Waals surface area contributed by atoms with E-state index in [0.717, 1.165) is 60.2 Å². The van der Waals surface area contributed by atoms with Gasteiger partial charge in [-0.25, -0.2) is 4.68 Å². The van der Waals surface area contributed by atoms with Gasteiger partial charge in [0, 0.05) is 29.8 Å². The molecule has 0 amide bonds. The first kappa shape index (κ1) is 21.6. The number of aromatic nitrogens is 3. The SMILES string of the molecule is Cl.Cl.Oc1cc(C2=NCCN2)ccc1-n1cc(-c2cccc(C3=NCCN3)c2)nn1. The summed E-state index contributed by atoms with van der Waals surface area (Å²) >= 11 is 0. The fourth-order valence-electron chi connectivity index (χ4n) is 3.39. The van der Waals surface area contributed by atoms with Crippen LogP contribution in [0.25, 0.3) is 16.9 Å². The summed E-state index contributed by atoms with van der Waals surface area (Å²) in [6, 6.07) is 13.5. The van der Waals surface area contributed by atoms with Crippen molar-refractivity contribution in [2.75, 3.05) is 26.2 Å². The van der Waals surface area contributed by atoms with Gasteiger partial charge in [-0.15, -0.1) is 29.9 Å². The average Bonchev–Trinajstić information content (AvgIpc) is 3.51. The summed E-state index contributed by atoms with van der Waals surface area (Å²) < 4.78 is 1.58. The standard InChI is InChI=1S/C20H19N7O.2ClH/c28-18-11-15(20-23-8-9-24-20)4-5-17(18)27-12-16(25-26-27)13-2-1-3-14(10-13)19-21-6-7-22-19;;/h1-5,10-12,28H,6-9H2,(H,21,22)(H,23,24);2*1H. The van der Waals surface area contributed by atoms with Crippen molar-refractivity contribution in [3.05, 3.63) is 59.8 Å². The van der Waals surface area contributed by atoms with Crippen molar-refractivity contribution >= 4 is 36.5 Å². The zero-order valence-electron chi connectivity index (χ0n) is 15.9. The van der Waals surface area contributed by atoms with Gasteiger partial charge in [-0.1, -0.05) is 23.4 Å². The maximum atomic E-state index is 10.5. The molecule has 3 aromatic rings. The molecular weight excluding hydrogens is 425 g/mol. The van der Waals surface area contributed by atoms with Crippen LogP contribution in [-0.4, -0.2) is 58.0 Å². The summed E-state index contributed by atoms with van der Waals surface area (Å²) in [5.41, 5.74) is 4.13. The number of hydrogen-bond acceptors (Lipinski definition) is 7. The van der Waals surface area contributed by atoms with Gasteiger partial charge in [0.25, 0.3) is 0 Å². The van der Waals surface area contributed by atoms with Crippen molar-refractivity contribution in [2.45, 2.75) is 0 Å². The second-order valence-corrected chi connectivity index (χ2v) is 6.65. The smallest absolute Gasteiger partial charge is 0.142 e. The third-order valence-corrected chi connectivity index (χ3v) is 4.77. The van der Waals surface area contributed by atoms with Gasteiger partial charge < -0.3 is 15.7 Å². The van der Waals surface area contributed by atoms with E-state index in [4.69, 9.17) is 0 Å². The first-order valence-corrected chi connectivity index (χ1v) is 9.21. The molecule has 0 saturated heterocycles. The molecule has 2 aromatic carbocycles. The Bertz CT molecular complexity index is 1110. The fraction of sp³-hybridized carbons (Fsp3) is 0.200. The van der Waals surface area contributed by atoms with Gasteiger partial charge in [-0.2, -0.15) is 0 Å². The van der Waals surface area contributed by atoms with Crippen LogP contribution in [0.15, 0.2) is 58.6 Å². The predicted octanol–water partition coefficient (Wildman–Crippen LogP) is 2.18. The molecular formula is C20H21Cl2N7O. The largest absolute Gasteiger partial charge is 0.506 e. The minimum Gasteiger partial charge on any atom is -0.506 e. The van der Waals surface area contributed by atoms with Crippen molar-refractivity contribution in [3.8, 4) is 22.7 Å². The quantitative estimate of drug-likeness (QED) is 0.571. The number of rotatable bonds is 4. The first-order valence-electron chi connectivity index (χ1n) is 9.21. The van der Waals surface area contributed by atoms with Gasteiger partial charge in [0.15, 0.2) is 0 Å². The van der Waals surface area contributed by atoms with Crippen LogP contribution in [0.2, 0.25) is 0 Å². The number of amidine groups is 2. The molecule has 0 radical (unpaired) electrons. The van der Waals surface area contributed by atoms with E-state index in [9.17, 15) is 5.11 Å². The number of aromatic hydroxyl groups is 1. The highest BCUT2D eigenvalue weighted by atomic mass is 35.5. The molecule has 1 aromatic heterocycles. The van der Waals surface area contributed by atoms with Crippen molar-refractivity contribution in [3.63, 3.8) is 0 Å². The number of nitrogens with one attached hydrogen (secondary N) is 2. The lowest BCUT2D eigenvalue weighted by Gasteiger charge is -2.07. The zero-order chi connectivity index (χ0) is 18.9. The number of phenolic OH excluding ortho intramolecular Hbond substituents is 1. The van der Waals surface area contributed by atoms with Crippen molar-refractivity contribution in [1.29, 1.82) is 0 Å². The normalized spacial score (nSPS) is 14.7. The molecule has 10 heteroatoms. The molecule has 0 saturated carbocycles. The van der Waals surface area contributed by atoms with E-state index in [-0.39, 0.29) is 30.6 Å². The van der Waals surface area contributed by atoms with Crippen LogP contribution in [0, 0.1) is 0 Å². The number of halogens is 2. The fourth-order valence-corrected chi connectivity index (χ4v) is 3.39. The Morgan fingerprint density at radius 3 is 2.13 bits per heavy atom. The van der Waals surface area contributed by atoms with E-state index in [1.165, 1.54) is 0 Å². The Morgan fingerprint density at radius 2 is 1.50 bits per heavy atom. The van der Waals surface area contributed by atoms with Crippen LogP contribution in [0.5, 0.6) is 5.75 Å². The molecule has 3 heterocycles. The van der Waals surface area contributed by atoms with E-state index in [2.05, 4.69) is 30.9 Å². The second-order valence-electron chi connectivity index (χ2n) is 6.65. The van der Waals surface area contributed by atoms with E-state index < -0.39 is 0 Å². The summed E-state index contributed by atoms with van der Waals surface area (Å²) in [7, 11) is 0. The summed E-state index contributed by atoms with van der Waals surface area (Å²) in [5.74, 6) is 1.84. The van der Waals surface area contributed by atoms with Crippen LogP contribution in [0.3, 0.4) is 0 Å². The number of benzene rings is 2. The lowest BCUT2D eigenvalue weighted by Crippen LogP contribution is -2.19. The minimum atomic E-state index is 0. The van der Waals surface area contributed by atoms with E-state index >= 15 is 0 Å². The van der Waals surface area contributed by atoms with Crippen LogP contribution >= 0.6 is 24.8 Å². The minimum absolute atomic E-state index is 0. The summed E-state index contributed by atoms with van der Waals surface area (Å²) in [4.78, 5) is 8.84. The van der Waals surface area contributed by atoms with E-state index in [1.54, 1.807) is 10.7 Å². The van der Waals surface area contributed by atoms with E-state index in [0.29, 0.717) is 5.69 Å². The highest BCUT2D eigenvalue weighted by molar-refractivity contribution is 6.01. The molecule has 0 aliphatic carbocycles. The van der Waals surface area contributed by atoms with Gasteiger partial charge in [0.1, 0.15) is 28.8 Å². The van der Waals surface area contributed by atoms with Crippen LogP contribution < -0.4 is 10.6 Å². The van der Waals surface area contributed by atoms with Gasteiger partial charge in [0.2, 0.25) is 0 Å². The first-order chi connectivity index (χ1) is 13.8. The number of phenols is 1. The summed E-state index contributed by atoms with van der Waals surface area (Å²) in [5, 5.41) is 25.4.